The topological polar surface area (TPSA) is 46.5 Å². The van der Waals surface area contributed by atoms with E-state index < -0.39 is 5.97 Å². The Morgan fingerprint density at radius 3 is 2.22 bits per heavy atom. The molecule has 0 aliphatic heterocycles. The summed E-state index contributed by atoms with van der Waals surface area (Å²) in [7, 11) is 0. The molecule has 0 saturated carbocycles. The molecule has 1 aliphatic rings. The SMILES string of the molecule is CCOC1=C(C(C)(C)C)CC(CCC(=O)O)=CC1(C)C(C)(C)C. The molecule has 0 bridgehead atoms. The van der Waals surface area contributed by atoms with Gasteiger partial charge in [0.15, 0.2) is 0 Å². The number of ether oxygens (including phenoxy) is 1. The third kappa shape index (κ3) is 4.39. The number of carboxylic acid groups (broad SMARTS) is 1. The van der Waals surface area contributed by atoms with E-state index in [4.69, 9.17) is 9.84 Å². The molecule has 1 aliphatic carbocycles. The van der Waals surface area contributed by atoms with Gasteiger partial charge in [0, 0.05) is 11.8 Å². The number of aliphatic carboxylic acids is 1. The van der Waals surface area contributed by atoms with Crippen LogP contribution >= 0.6 is 0 Å². The van der Waals surface area contributed by atoms with Gasteiger partial charge in [0.1, 0.15) is 5.76 Å². The molecule has 1 N–H and O–H groups in total. The van der Waals surface area contributed by atoms with E-state index in [1.54, 1.807) is 0 Å². The van der Waals surface area contributed by atoms with Crippen LogP contribution in [0.3, 0.4) is 0 Å². The number of carboxylic acids is 1. The van der Waals surface area contributed by atoms with Crippen LogP contribution in [0.4, 0.5) is 0 Å². The third-order valence-electron chi connectivity index (χ3n) is 5.05. The van der Waals surface area contributed by atoms with Gasteiger partial charge in [-0.2, -0.15) is 0 Å². The molecule has 0 heterocycles. The van der Waals surface area contributed by atoms with Crippen LogP contribution in [0.2, 0.25) is 0 Å². The first kappa shape index (κ1) is 19.8. The first-order chi connectivity index (χ1) is 10.3. The minimum atomic E-state index is -0.736. The van der Waals surface area contributed by atoms with E-state index in [1.807, 2.05) is 6.92 Å². The highest BCUT2D eigenvalue weighted by molar-refractivity contribution is 5.67. The van der Waals surface area contributed by atoms with Gasteiger partial charge in [-0.3, -0.25) is 4.79 Å². The number of allylic oxidation sites excluding steroid dienone is 3. The minimum Gasteiger partial charge on any atom is -0.497 e. The van der Waals surface area contributed by atoms with Crippen molar-refractivity contribution in [3.05, 3.63) is 23.0 Å². The molecule has 0 aromatic carbocycles. The molecule has 1 atom stereocenters. The van der Waals surface area contributed by atoms with Gasteiger partial charge >= 0.3 is 5.97 Å². The summed E-state index contributed by atoms with van der Waals surface area (Å²) in [4.78, 5) is 11.0. The maximum absolute atomic E-state index is 11.0. The molecule has 1 rings (SSSR count). The van der Waals surface area contributed by atoms with E-state index in [0.717, 1.165) is 12.2 Å². The van der Waals surface area contributed by atoms with Crippen LogP contribution in [0.1, 0.15) is 74.7 Å². The lowest BCUT2D eigenvalue weighted by atomic mass is 9.60. The molecular formula is C20H34O3. The lowest BCUT2D eigenvalue weighted by Gasteiger charge is -2.47. The molecular weight excluding hydrogens is 288 g/mol. The zero-order chi connectivity index (χ0) is 18.1. The van der Waals surface area contributed by atoms with Crippen molar-refractivity contribution in [1.29, 1.82) is 0 Å². The highest BCUT2D eigenvalue weighted by Crippen LogP contribution is 2.54. The second kappa shape index (κ2) is 6.70. The number of rotatable bonds is 5. The lowest BCUT2D eigenvalue weighted by molar-refractivity contribution is -0.136. The largest absolute Gasteiger partial charge is 0.497 e. The highest BCUT2D eigenvalue weighted by Gasteiger charge is 2.45. The second-order valence-corrected chi connectivity index (χ2v) is 8.82. The number of hydrogen-bond donors (Lipinski definition) is 1. The van der Waals surface area contributed by atoms with Crippen LogP contribution in [0.15, 0.2) is 23.0 Å². The zero-order valence-corrected chi connectivity index (χ0v) is 16.2. The third-order valence-corrected chi connectivity index (χ3v) is 5.05. The normalized spacial score (nSPS) is 22.9. The van der Waals surface area contributed by atoms with Gasteiger partial charge in [0.25, 0.3) is 0 Å². The monoisotopic (exact) mass is 322 g/mol. The van der Waals surface area contributed by atoms with Crippen LogP contribution < -0.4 is 0 Å². The van der Waals surface area contributed by atoms with E-state index in [0.29, 0.717) is 13.0 Å². The van der Waals surface area contributed by atoms with Gasteiger partial charge in [0.2, 0.25) is 0 Å². The highest BCUT2D eigenvalue weighted by atomic mass is 16.5. The van der Waals surface area contributed by atoms with Gasteiger partial charge in [-0.05, 0) is 43.1 Å². The molecule has 3 nitrogen and oxygen atoms in total. The van der Waals surface area contributed by atoms with Gasteiger partial charge in [0.05, 0.1) is 6.61 Å². The van der Waals surface area contributed by atoms with Gasteiger partial charge in [-0.25, -0.2) is 0 Å². The summed E-state index contributed by atoms with van der Waals surface area (Å²) >= 11 is 0. The van der Waals surface area contributed by atoms with Crippen molar-refractivity contribution >= 4 is 5.97 Å². The Labute approximate surface area is 141 Å². The maximum atomic E-state index is 11.0. The standard InChI is InChI=1S/C20H34O3/c1-9-23-17-15(18(2,3)4)12-14(10-11-16(21)22)13-20(17,8)19(5,6)7/h13H,9-12H2,1-8H3,(H,21,22). The van der Waals surface area contributed by atoms with Gasteiger partial charge in [-0.1, -0.05) is 53.2 Å². The lowest BCUT2D eigenvalue weighted by Crippen LogP contribution is -2.38. The quantitative estimate of drug-likeness (QED) is 0.673. The van der Waals surface area contributed by atoms with E-state index >= 15 is 0 Å². The van der Waals surface area contributed by atoms with Crippen LogP contribution in [0, 0.1) is 16.2 Å². The molecule has 0 aromatic rings. The van der Waals surface area contributed by atoms with E-state index in [2.05, 4.69) is 54.5 Å². The molecule has 0 saturated heterocycles. The Morgan fingerprint density at radius 1 is 1.26 bits per heavy atom. The Hall–Kier alpha value is -1.25. The molecule has 0 amide bonds. The summed E-state index contributed by atoms with van der Waals surface area (Å²) in [6.45, 7) is 18.2. The molecule has 23 heavy (non-hydrogen) atoms. The summed E-state index contributed by atoms with van der Waals surface area (Å²) in [5.74, 6) is 0.347. The Kier molecular flexibility index (Phi) is 5.77. The maximum Gasteiger partial charge on any atom is 0.303 e. The number of hydrogen-bond acceptors (Lipinski definition) is 2. The fourth-order valence-corrected chi connectivity index (χ4v) is 3.12. The molecule has 3 heteroatoms. The summed E-state index contributed by atoms with van der Waals surface area (Å²) in [6, 6.07) is 0. The summed E-state index contributed by atoms with van der Waals surface area (Å²) < 4.78 is 6.16. The molecule has 0 radical (unpaired) electrons. The summed E-state index contributed by atoms with van der Waals surface area (Å²) in [6.07, 6.45) is 3.89. The van der Waals surface area contributed by atoms with Crippen molar-refractivity contribution in [1.82, 2.24) is 0 Å². The average molecular weight is 322 g/mol. The Balaban J connectivity index is 3.43. The van der Waals surface area contributed by atoms with Crippen molar-refractivity contribution in [3.63, 3.8) is 0 Å². The molecule has 0 fully saturated rings. The molecule has 1 unspecified atom stereocenters. The summed E-state index contributed by atoms with van der Waals surface area (Å²) in [5.41, 5.74) is 2.29. The van der Waals surface area contributed by atoms with Crippen molar-refractivity contribution in [2.75, 3.05) is 6.61 Å². The minimum absolute atomic E-state index is 0.000251. The first-order valence-electron chi connectivity index (χ1n) is 8.62. The van der Waals surface area contributed by atoms with Gasteiger partial charge < -0.3 is 9.84 Å². The van der Waals surface area contributed by atoms with Crippen molar-refractivity contribution in [2.24, 2.45) is 16.2 Å². The first-order valence-corrected chi connectivity index (χ1v) is 8.62. The van der Waals surface area contributed by atoms with E-state index in [1.165, 1.54) is 11.1 Å². The zero-order valence-electron chi connectivity index (χ0n) is 16.2. The van der Waals surface area contributed by atoms with Crippen LogP contribution in [-0.2, 0) is 9.53 Å². The second-order valence-electron chi connectivity index (χ2n) is 8.82. The molecule has 0 spiro atoms. The molecule has 132 valence electrons. The van der Waals surface area contributed by atoms with Crippen LogP contribution in [0.25, 0.3) is 0 Å². The average Bonchev–Trinajstić information content (AvgIpc) is 2.36. The number of carbonyl (C=O) groups is 1. The smallest absolute Gasteiger partial charge is 0.303 e. The van der Waals surface area contributed by atoms with Crippen molar-refractivity contribution in [2.45, 2.75) is 74.7 Å². The Bertz CT molecular complexity index is 512. The van der Waals surface area contributed by atoms with Crippen LogP contribution in [0.5, 0.6) is 0 Å². The van der Waals surface area contributed by atoms with E-state index in [-0.39, 0.29) is 22.7 Å². The fraction of sp³-hybridized carbons (Fsp3) is 0.750. The molecule has 0 aromatic heterocycles. The van der Waals surface area contributed by atoms with Crippen molar-refractivity contribution in [3.8, 4) is 0 Å². The van der Waals surface area contributed by atoms with E-state index in [9.17, 15) is 4.79 Å². The fourth-order valence-electron chi connectivity index (χ4n) is 3.12. The van der Waals surface area contributed by atoms with Crippen LogP contribution in [-0.4, -0.2) is 17.7 Å². The summed E-state index contributed by atoms with van der Waals surface area (Å²) in [5, 5.41) is 9.03. The predicted molar refractivity (Wildman–Crippen MR) is 95.2 cm³/mol. The Morgan fingerprint density at radius 2 is 1.83 bits per heavy atom. The van der Waals surface area contributed by atoms with Gasteiger partial charge in [-0.15, -0.1) is 0 Å². The van der Waals surface area contributed by atoms with Crippen molar-refractivity contribution < 1.29 is 14.6 Å². The predicted octanol–water partition coefficient (Wildman–Crippen LogP) is 5.57.